The van der Waals surface area contributed by atoms with Gasteiger partial charge in [-0.1, -0.05) is 60.7 Å². The number of rotatable bonds is 6. The number of carbonyl (C=O) groups is 1. The number of ether oxygens (including phenoxy) is 1. The number of anilines is 2. The summed E-state index contributed by atoms with van der Waals surface area (Å²) in [6.45, 7) is 4.34. The number of allylic oxidation sites excluding steroid dienone is 1. The summed E-state index contributed by atoms with van der Waals surface area (Å²) in [4.78, 5) is 17.8. The number of aryl methyl sites for hydroxylation is 1. The predicted molar refractivity (Wildman–Crippen MR) is 132 cm³/mol. The van der Waals surface area contributed by atoms with Crippen LogP contribution in [0.2, 0.25) is 0 Å². The third-order valence-electron chi connectivity index (χ3n) is 5.88. The molecular formula is C27H25N5O2. The zero-order valence-corrected chi connectivity index (χ0v) is 19.0. The minimum atomic E-state index is -0.425. The molecule has 2 heterocycles. The second-order valence-electron chi connectivity index (χ2n) is 8.21. The fourth-order valence-electron chi connectivity index (χ4n) is 4.08. The van der Waals surface area contributed by atoms with E-state index >= 15 is 0 Å². The Hall–Kier alpha value is -4.39. The van der Waals surface area contributed by atoms with Crippen molar-refractivity contribution >= 4 is 17.5 Å². The van der Waals surface area contributed by atoms with Gasteiger partial charge in [0.1, 0.15) is 24.7 Å². The highest BCUT2D eigenvalue weighted by molar-refractivity contribution is 6.06. The molecule has 0 saturated carbocycles. The van der Waals surface area contributed by atoms with Crippen LogP contribution >= 0.6 is 0 Å². The van der Waals surface area contributed by atoms with Gasteiger partial charge in [-0.25, -0.2) is 4.68 Å². The number of carbonyl (C=O) groups excluding carboxylic acids is 1. The molecule has 7 heteroatoms. The molecule has 0 fully saturated rings. The van der Waals surface area contributed by atoms with Crippen LogP contribution < -0.4 is 15.4 Å². The first-order valence-corrected chi connectivity index (χ1v) is 11.1. The molecule has 170 valence electrons. The lowest BCUT2D eigenvalue weighted by Gasteiger charge is -2.29. The van der Waals surface area contributed by atoms with Crippen LogP contribution in [0.1, 0.15) is 29.7 Å². The fourth-order valence-corrected chi connectivity index (χ4v) is 4.08. The first-order chi connectivity index (χ1) is 16.6. The van der Waals surface area contributed by atoms with Crippen LogP contribution in [-0.2, 0) is 11.4 Å². The molecule has 5 rings (SSSR count). The van der Waals surface area contributed by atoms with Crippen LogP contribution in [0.25, 0.3) is 0 Å². The second kappa shape index (κ2) is 9.23. The van der Waals surface area contributed by atoms with E-state index in [0.717, 1.165) is 33.8 Å². The number of amides is 1. The number of hydrogen-bond donors (Lipinski definition) is 2. The lowest BCUT2D eigenvalue weighted by molar-refractivity contribution is -0.113. The summed E-state index contributed by atoms with van der Waals surface area (Å²) in [7, 11) is 0. The first-order valence-electron chi connectivity index (χ1n) is 11.1. The van der Waals surface area contributed by atoms with Crippen molar-refractivity contribution in [1.29, 1.82) is 0 Å². The van der Waals surface area contributed by atoms with Gasteiger partial charge in [-0.05, 0) is 48.7 Å². The second-order valence-corrected chi connectivity index (χ2v) is 8.21. The summed E-state index contributed by atoms with van der Waals surface area (Å²) >= 11 is 0. The topological polar surface area (TPSA) is 81.1 Å². The van der Waals surface area contributed by atoms with Gasteiger partial charge in [0.05, 0.1) is 5.57 Å². The van der Waals surface area contributed by atoms with Crippen LogP contribution in [0.5, 0.6) is 5.75 Å². The van der Waals surface area contributed by atoms with E-state index in [1.165, 1.54) is 6.33 Å². The summed E-state index contributed by atoms with van der Waals surface area (Å²) in [5, 5.41) is 10.7. The highest BCUT2D eigenvalue weighted by atomic mass is 16.5. The van der Waals surface area contributed by atoms with Crippen molar-refractivity contribution in [3.05, 3.63) is 113 Å². The molecule has 2 N–H and O–H groups in total. The van der Waals surface area contributed by atoms with E-state index in [-0.39, 0.29) is 5.91 Å². The van der Waals surface area contributed by atoms with Gasteiger partial charge in [0, 0.05) is 11.4 Å². The Labute approximate surface area is 198 Å². The number of para-hydroxylation sites is 1. The quantitative estimate of drug-likeness (QED) is 0.427. The van der Waals surface area contributed by atoms with Crippen LogP contribution in [0.4, 0.5) is 11.6 Å². The SMILES string of the molecule is CC1=C(C(=O)Nc2ccccc2C)[C@@H](c2ccc(OCc3ccccc3)cc2)n2ncnc2N1. The number of nitrogens with zero attached hydrogens (tertiary/aromatic N) is 3. The number of benzene rings is 3. The van der Waals surface area contributed by atoms with Crippen molar-refractivity contribution in [2.24, 2.45) is 0 Å². The van der Waals surface area contributed by atoms with Crippen LogP contribution in [-0.4, -0.2) is 20.7 Å². The fraction of sp³-hybridized carbons (Fsp3) is 0.148. The molecule has 7 nitrogen and oxygen atoms in total. The number of nitrogens with one attached hydrogen (secondary N) is 2. The van der Waals surface area contributed by atoms with Gasteiger partial charge in [0.25, 0.3) is 5.91 Å². The molecule has 3 aromatic carbocycles. The van der Waals surface area contributed by atoms with Crippen molar-refractivity contribution in [2.75, 3.05) is 10.6 Å². The maximum Gasteiger partial charge on any atom is 0.255 e. The van der Waals surface area contributed by atoms with Crippen molar-refractivity contribution in [2.45, 2.75) is 26.5 Å². The Morgan fingerprint density at radius 3 is 2.50 bits per heavy atom. The summed E-state index contributed by atoms with van der Waals surface area (Å²) in [6.07, 6.45) is 1.49. The zero-order chi connectivity index (χ0) is 23.5. The van der Waals surface area contributed by atoms with E-state index in [9.17, 15) is 4.79 Å². The maximum atomic E-state index is 13.5. The van der Waals surface area contributed by atoms with Gasteiger partial charge < -0.3 is 15.4 Å². The molecule has 1 aromatic heterocycles. The van der Waals surface area contributed by atoms with Gasteiger partial charge >= 0.3 is 0 Å². The first kappa shape index (κ1) is 21.5. The van der Waals surface area contributed by atoms with Gasteiger partial charge in [0.2, 0.25) is 5.95 Å². The number of hydrogen-bond acceptors (Lipinski definition) is 5. The minimum Gasteiger partial charge on any atom is -0.489 e. The molecule has 1 amide bonds. The minimum absolute atomic E-state index is 0.185. The van der Waals surface area contributed by atoms with E-state index in [1.54, 1.807) is 4.68 Å². The molecule has 0 spiro atoms. The van der Waals surface area contributed by atoms with E-state index in [1.807, 2.05) is 92.7 Å². The molecule has 0 aliphatic carbocycles. The predicted octanol–water partition coefficient (Wildman–Crippen LogP) is 5.09. The normalized spacial score (nSPS) is 14.8. The third kappa shape index (κ3) is 4.28. The van der Waals surface area contributed by atoms with E-state index in [4.69, 9.17) is 4.74 Å². The molecular weight excluding hydrogens is 426 g/mol. The molecule has 0 bridgehead atoms. The molecule has 0 radical (unpaired) electrons. The van der Waals surface area contributed by atoms with E-state index in [2.05, 4.69) is 20.7 Å². The Balaban J connectivity index is 1.43. The summed E-state index contributed by atoms with van der Waals surface area (Å²) < 4.78 is 7.67. The third-order valence-corrected chi connectivity index (χ3v) is 5.88. The number of aromatic nitrogens is 3. The van der Waals surface area contributed by atoms with Crippen LogP contribution in [0.3, 0.4) is 0 Å². The summed E-state index contributed by atoms with van der Waals surface area (Å²) in [5.74, 6) is 1.17. The Kier molecular flexibility index (Phi) is 5.82. The van der Waals surface area contributed by atoms with Gasteiger partial charge in [-0.15, -0.1) is 0 Å². The molecule has 1 aliphatic heterocycles. The van der Waals surface area contributed by atoms with Crippen molar-refractivity contribution < 1.29 is 9.53 Å². The monoisotopic (exact) mass is 451 g/mol. The summed E-state index contributed by atoms with van der Waals surface area (Å²) in [6, 6.07) is 25.1. The van der Waals surface area contributed by atoms with Crippen LogP contribution in [0, 0.1) is 6.92 Å². The Bertz CT molecular complexity index is 1340. The lowest BCUT2D eigenvalue weighted by atomic mass is 9.95. The summed E-state index contributed by atoms with van der Waals surface area (Å²) in [5.41, 5.74) is 5.11. The van der Waals surface area contributed by atoms with Crippen molar-refractivity contribution in [3.63, 3.8) is 0 Å². The lowest BCUT2D eigenvalue weighted by Crippen LogP contribution is -2.31. The molecule has 1 aliphatic rings. The van der Waals surface area contributed by atoms with Gasteiger partial charge in [-0.2, -0.15) is 10.1 Å². The van der Waals surface area contributed by atoms with Gasteiger partial charge in [-0.3, -0.25) is 4.79 Å². The standard InChI is InChI=1S/C27H25N5O2/c1-18-8-6-7-11-23(18)31-26(33)24-19(2)30-27-28-17-29-32(27)25(24)21-12-14-22(15-13-21)34-16-20-9-4-3-5-10-20/h3-15,17,25H,16H2,1-2H3,(H,31,33)(H,28,29,30)/t25-/m1/s1. The maximum absolute atomic E-state index is 13.5. The highest BCUT2D eigenvalue weighted by Gasteiger charge is 2.33. The average molecular weight is 452 g/mol. The van der Waals surface area contributed by atoms with Crippen molar-refractivity contribution in [3.8, 4) is 5.75 Å². The highest BCUT2D eigenvalue weighted by Crippen LogP contribution is 2.36. The molecule has 0 saturated heterocycles. The smallest absolute Gasteiger partial charge is 0.255 e. The average Bonchev–Trinajstić information content (AvgIpc) is 3.32. The van der Waals surface area contributed by atoms with E-state index in [0.29, 0.717) is 18.1 Å². The van der Waals surface area contributed by atoms with Crippen molar-refractivity contribution in [1.82, 2.24) is 14.8 Å². The number of fused-ring (bicyclic) bond motifs is 1. The largest absolute Gasteiger partial charge is 0.489 e. The molecule has 4 aromatic rings. The Morgan fingerprint density at radius 2 is 1.74 bits per heavy atom. The van der Waals surface area contributed by atoms with Crippen LogP contribution in [0.15, 0.2) is 96.5 Å². The zero-order valence-electron chi connectivity index (χ0n) is 19.0. The van der Waals surface area contributed by atoms with E-state index < -0.39 is 6.04 Å². The molecule has 34 heavy (non-hydrogen) atoms. The molecule has 1 atom stereocenters. The Morgan fingerprint density at radius 1 is 1.00 bits per heavy atom. The molecule has 0 unspecified atom stereocenters. The van der Waals surface area contributed by atoms with Gasteiger partial charge in [0.15, 0.2) is 0 Å².